The van der Waals surface area contributed by atoms with Gasteiger partial charge >= 0.3 is 0 Å². The summed E-state index contributed by atoms with van der Waals surface area (Å²) in [6.45, 7) is 8.75. The van der Waals surface area contributed by atoms with Gasteiger partial charge < -0.3 is 14.4 Å². The minimum Gasteiger partial charge on any atom is -0.351 e. The molecule has 0 aromatic rings. The third kappa shape index (κ3) is 4.99. The van der Waals surface area contributed by atoms with E-state index in [0.29, 0.717) is 19.8 Å². The number of hydrogen-bond donors (Lipinski definition) is 0. The molecule has 0 rings (SSSR count). The molecule has 0 N–H and O–H groups in total. The van der Waals surface area contributed by atoms with Gasteiger partial charge in [-0.25, -0.2) is 0 Å². The Morgan fingerprint density at radius 2 is 1.93 bits per heavy atom. The molecule has 82 valence electrons. The van der Waals surface area contributed by atoms with Gasteiger partial charge in [0.1, 0.15) is 0 Å². The van der Waals surface area contributed by atoms with Gasteiger partial charge in [0.25, 0.3) is 0 Å². The Labute approximate surface area is 85.5 Å². The first-order chi connectivity index (χ1) is 6.65. The largest absolute Gasteiger partial charge is 0.351 e. The molecule has 0 aromatic carbocycles. The average Bonchev–Trinajstić information content (AvgIpc) is 2.17. The van der Waals surface area contributed by atoms with E-state index in [0.717, 1.165) is 0 Å². The van der Waals surface area contributed by atoms with Crippen LogP contribution in [0.1, 0.15) is 13.8 Å². The van der Waals surface area contributed by atoms with Crippen LogP contribution in [-0.4, -0.2) is 43.9 Å². The van der Waals surface area contributed by atoms with Crippen LogP contribution in [0.5, 0.6) is 0 Å². The molecule has 0 aliphatic heterocycles. The Morgan fingerprint density at radius 1 is 1.43 bits per heavy atom. The number of carbonyl (C=O) groups is 1. The van der Waals surface area contributed by atoms with Crippen molar-refractivity contribution in [1.29, 1.82) is 0 Å². The zero-order valence-electron chi connectivity index (χ0n) is 9.16. The topological polar surface area (TPSA) is 38.8 Å². The van der Waals surface area contributed by atoms with E-state index in [2.05, 4.69) is 6.58 Å². The first kappa shape index (κ1) is 13.1. The maximum Gasteiger partial charge on any atom is 0.245 e. The lowest BCUT2D eigenvalue weighted by molar-refractivity contribution is -0.154. The number of carbonyl (C=O) groups excluding carboxylic acids is 1. The van der Waals surface area contributed by atoms with E-state index in [1.807, 2.05) is 13.8 Å². The highest BCUT2D eigenvalue weighted by Crippen LogP contribution is 1.98. The molecule has 0 fully saturated rings. The van der Waals surface area contributed by atoms with Crippen LogP contribution in [0.2, 0.25) is 0 Å². The van der Waals surface area contributed by atoms with Crippen molar-refractivity contribution < 1.29 is 14.3 Å². The molecule has 0 saturated carbocycles. The van der Waals surface area contributed by atoms with Crippen LogP contribution in [0.15, 0.2) is 12.7 Å². The maximum atomic E-state index is 11.2. The molecule has 0 aromatic heterocycles. The number of ether oxygens (including phenoxy) is 2. The van der Waals surface area contributed by atoms with Crippen LogP contribution >= 0.6 is 0 Å². The smallest absolute Gasteiger partial charge is 0.245 e. The molecule has 0 spiro atoms. The molecular formula is C10H19NO3. The summed E-state index contributed by atoms with van der Waals surface area (Å²) < 4.78 is 10.6. The Bertz CT molecular complexity index is 176. The molecule has 0 saturated heterocycles. The van der Waals surface area contributed by atoms with Crippen molar-refractivity contribution >= 4 is 5.91 Å². The fraction of sp³-hybridized carbons (Fsp3) is 0.700. The third-order valence-corrected chi connectivity index (χ3v) is 1.68. The van der Waals surface area contributed by atoms with Gasteiger partial charge in [0.05, 0.1) is 6.54 Å². The predicted molar refractivity (Wildman–Crippen MR) is 54.9 cm³/mol. The fourth-order valence-corrected chi connectivity index (χ4v) is 0.995. The van der Waals surface area contributed by atoms with Crippen LogP contribution in [0.25, 0.3) is 0 Å². The van der Waals surface area contributed by atoms with E-state index < -0.39 is 0 Å². The monoisotopic (exact) mass is 201 g/mol. The third-order valence-electron chi connectivity index (χ3n) is 1.68. The van der Waals surface area contributed by atoms with Gasteiger partial charge in [-0.05, 0) is 19.9 Å². The lowest BCUT2D eigenvalue weighted by Gasteiger charge is -2.22. The number of rotatable bonds is 7. The van der Waals surface area contributed by atoms with Gasteiger partial charge in [-0.3, -0.25) is 4.79 Å². The molecule has 4 heteroatoms. The fourth-order valence-electron chi connectivity index (χ4n) is 0.995. The first-order valence-corrected chi connectivity index (χ1v) is 4.76. The number of hydrogen-bond acceptors (Lipinski definition) is 3. The molecule has 14 heavy (non-hydrogen) atoms. The van der Waals surface area contributed by atoms with Gasteiger partial charge in [0.15, 0.2) is 6.29 Å². The molecule has 0 bridgehead atoms. The quantitative estimate of drug-likeness (QED) is 0.456. The van der Waals surface area contributed by atoms with Gasteiger partial charge in [0.2, 0.25) is 5.91 Å². The van der Waals surface area contributed by atoms with E-state index >= 15 is 0 Å². The van der Waals surface area contributed by atoms with E-state index in [9.17, 15) is 4.79 Å². The Kier molecular flexibility index (Phi) is 7.06. The summed E-state index contributed by atoms with van der Waals surface area (Å²) in [6.07, 6.45) is 0.925. The summed E-state index contributed by atoms with van der Waals surface area (Å²) in [5, 5.41) is 0. The highest BCUT2D eigenvalue weighted by atomic mass is 16.7. The Hall–Kier alpha value is -0.870. The van der Waals surface area contributed by atoms with Crippen LogP contribution in [0.4, 0.5) is 0 Å². The van der Waals surface area contributed by atoms with Crippen LogP contribution < -0.4 is 0 Å². The second-order valence-electron chi connectivity index (χ2n) is 2.76. The second kappa shape index (κ2) is 7.53. The molecule has 1 amide bonds. The normalized spacial score (nSPS) is 10.3. The van der Waals surface area contributed by atoms with Crippen molar-refractivity contribution in [1.82, 2.24) is 4.90 Å². The molecule has 0 aliphatic rings. The van der Waals surface area contributed by atoms with Crippen molar-refractivity contribution in [2.24, 2.45) is 0 Å². The predicted octanol–water partition coefficient (Wildman–Crippen LogP) is 1.03. The minimum absolute atomic E-state index is 0.130. The minimum atomic E-state index is -0.348. The van der Waals surface area contributed by atoms with Crippen molar-refractivity contribution in [3.8, 4) is 0 Å². The van der Waals surface area contributed by atoms with Crippen LogP contribution in [-0.2, 0) is 14.3 Å². The summed E-state index contributed by atoms with van der Waals surface area (Å²) in [5.74, 6) is -0.130. The summed E-state index contributed by atoms with van der Waals surface area (Å²) >= 11 is 0. The van der Waals surface area contributed by atoms with Crippen molar-refractivity contribution in [3.63, 3.8) is 0 Å². The van der Waals surface area contributed by atoms with Crippen molar-refractivity contribution in [2.45, 2.75) is 20.1 Å². The average molecular weight is 201 g/mol. The summed E-state index contributed by atoms with van der Waals surface area (Å²) in [6, 6.07) is 0. The molecule has 0 heterocycles. The Balaban J connectivity index is 4.00. The zero-order valence-corrected chi connectivity index (χ0v) is 9.16. The van der Waals surface area contributed by atoms with E-state index in [1.165, 1.54) is 11.0 Å². The molecular weight excluding hydrogens is 182 g/mol. The molecule has 0 radical (unpaired) electrons. The number of amides is 1. The molecule has 4 nitrogen and oxygen atoms in total. The van der Waals surface area contributed by atoms with E-state index in [-0.39, 0.29) is 12.2 Å². The highest BCUT2D eigenvalue weighted by Gasteiger charge is 2.13. The standard InChI is InChI=1S/C10H19NO3/c1-5-9(12)11(4)8-10(13-6-2)14-7-3/h5,10H,1,6-8H2,2-4H3. The van der Waals surface area contributed by atoms with Crippen molar-refractivity contribution in [3.05, 3.63) is 12.7 Å². The summed E-state index contributed by atoms with van der Waals surface area (Å²) in [7, 11) is 1.69. The number of likely N-dealkylation sites (N-methyl/N-ethyl adjacent to an activating group) is 1. The van der Waals surface area contributed by atoms with Gasteiger partial charge in [-0.2, -0.15) is 0 Å². The number of nitrogens with zero attached hydrogens (tertiary/aromatic N) is 1. The highest BCUT2D eigenvalue weighted by molar-refractivity contribution is 5.86. The Morgan fingerprint density at radius 3 is 2.29 bits per heavy atom. The van der Waals surface area contributed by atoms with Crippen molar-refractivity contribution in [2.75, 3.05) is 26.8 Å². The van der Waals surface area contributed by atoms with Crippen LogP contribution in [0, 0.1) is 0 Å². The second-order valence-corrected chi connectivity index (χ2v) is 2.76. The summed E-state index contributed by atoms with van der Waals surface area (Å²) in [5.41, 5.74) is 0. The van der Waals surface area contributed by atoms with Crippen LogP contribution in [0.3, 0.4) is 0 Å². The SMILES string of the molecule is C=CC(=O)N(C)CC(OCC)OCC. The van der Waals surface area contributed by atoms with Gasteiger partial charge in [-0.1, -0.05) is 6.58 Å². The molecule has 0 unspecified atom stereocenters. The maximum absolute atomic E-state index is 11.2. The molecule has 0 atom stereocenters. The van der Waals surface area contributed by atoms with E-state index in [4.69, 9.17) is 9.47 Å². The van der Waals surface area contributed by atoms with Gasteiger partial charge in [0, 0.05) is 20.3 Å². The lowest BCUT2D eigenvalue weighted by atomic mass is 10.4. The van der Waals surface area contributed by atoms with Gasteiger partial charge in [-0.15, -0.1) is 0 Å². The molecule has 0 aliphatic carbocycles. The summed E-state index contributed by atoms with van der Waals surface area (Å²) in [4.78, 5) is 12.7. The first-order valence-electron chi connectivity index (χ1n) is 4.76. The lowest BCUT2D eigenvalue weighted by Crippen LogP contribution is -2.36. The zero-order chi connectivity index (χ0) is 11.0. The van der Waals surface area contributed by atoms with E-state index in [1.54, 1.807) is 7.05 Å².